The van der Waals surface area contributed by atoms with Crippen molar-refractivity contribution in [1.29, 1.82) is 0 Å². The second kappa shape index (κ2) is 4.88. The normalized spacial score (nSPS) is 17.5. The first kappa shape index (κ1) is 10.9. The van der Waals surface area contributed by atoms with E-state index in [4.69, 9.17) is 0 Å². The molecule has 0 spiro atoms. The van der Waals surface area contributed by atoms with E-state index in [-0.39, 0.29) is 5.92 Å². The molecule has 0 aliphatic heterocycles. The van der Waals surface area contributed by atoms with E-state index in [1.54, 1.807) is 0 Å². The number of methoxy groups -OCH3 is 1. The first-order valence-electron chi connectivity index (χ1n) is 4.83. The highest BCUT2D eigenvalue weighted by molar-refractivity contribution is 6.62. The number of hydrogen-bond acceptors (Lipinski definition) is 4. The van der Waals surface area contributed by atoms with Crippen LogP contribution in [0.1, 0.15) is 32.1 Å². The summed E-state index contributed by atoms with van der Waals surface area (Å²) >= 11 is 0. The topological polar surface area (TPSA) is 60.4 Å². The Morgan fingerprint density at radius 3 is 2.14 bits per heavy atom. The number of carbonyl (C=O) groups is 3. The maximum atomic E-state index is 11.4. The highest BCUT2D eigenvalue weighted by Crippen LogP contribution is 2.24. The largest absolute Gasteiger partial charge is 0.463 e. The van der Waals surface area contributed by atoms with Gasteiger partial charge in [0.15, 0.2) is 0 Å². The van der Waals surface area contributed by atoms with E-state index in [1.807, 2.05) is 0 Å². The predicted molar refractivity (Wildman–Crippen MR) is 48.6 cm³/mol. The number of esters is 1. The molecule has 78 valence electrons. The minimum atomic E-state index is -1.04. The lowest BCUT2D eigenvalue weighted by Gasteiger charge is -2.18. The summed E-state index contributed by atoms with van der Waals surface area (Å²) < 4.78 is 4.21. The van der Waals surface area contributed by atoms with E-state index in [0.29, 0.717) is 0 Å². The van der Waals surface area contributed by atoms with Gasteiger partial charge in [-0.1, -0.05) is 19.3 Å². The Labute approximate surface area is 82.6 Å². The molecule has 0 heterocycles. The second-order valence-corrected chi connectivity index (χ2v) is 3.52. The lowest BCUT2D eigenvalue weighted by atomic mass is 9.85. The van der Waals surface area contributed by atoms with Gasteiger partial charge in [0.1, 0.15) is 0 Å². The number of carbonyl (C=O) groups excluding carboxylic acids is 3. The molecule has 1 aliphatic rings. The Bertz CT molecular complexity index is 251. The van der Waals surface area contributed by atoms with Crippen LogP contribution < -0.4 is 0 Å². The molecule has 0 amide bonds. The van der Waals surface area contributed by atoms with Crippen LogP contribution in [0.25, 0.3) is 0 Å². The Morgan fingerprint density at radius 2 is 1.64 bits per heavy atom. The number of rotatable bonds is 3. The van der Waals surface area contributed by atoms with Crippen LogP contribution in [-0.2, 0) is 19.1 Å². The molecule has 0 saturated heterocycles. The number of ketones is 2. The van der Waals surface area contributed by atoms with Crippen LogP contribution in [0, 0.1) is 5.92 Å². The van der Waals surface area contributed by atoms with Crippen molar-refractivity contribution in [3.63, 3.8) is 0 Å². The number of hydrogen-bond donors (Lipinski definition) is 0. The van der Waals surface area contributed by atoms with Gasteiger partial charge < -0.3 is 4.74 Å². The zero-order chi connectivity index (χ0) is 10.6. The Kier molecular flexibility index (Phi) is 3.80. The summed E-state index contributed by atoms with van der Waals surface area (Å²) in [7, 11) is 1.11. The molecule has 4 nitrogen and oxygen atoms in total. The second-order valence-electron chi connectivity index (χ2n) is 3.52. The van der Waals surface area contributed by atoms with Gasteiger partial charge in [-0.25, -0.2) is 4.79 Å². The van der Waals surface area contributed by atoms with Crippen molar-refractivity contribution in [1.82, 2.24) is 0 Å². The number of Topliss-reactive ketones (excluding diaryl/α,β-unsaturated/α-hetero) is 2. The molecule has 0 N–H and O–H groups in total. The Balaban J connectivity index is 2.55. The highest BCUT2D eigenvalue weighted by Gasteiger charge is 2.31. The van der Waals surface area contributed by atoms with Crippen molar-refractivity contribution in [3.8, 4) is 0 Å². The van der Waals surface area contributed by atoms with Crippen LogP contribution in [0.2, 0.25) is 0 Å². The van der Waals surface area contributed by atoms with Crippen molar-refractivity contribution in [2.24, 2.45) is 5.92 Å². The molecular weight excluding hydrogens is 184 g/mol. The zero-order valence-electron chi connectivity index (χ0n) is 8.25. The SMILES string of the molecule is COC(=O)C(=O)C(=O)C1CCCCC1. The van der Waals surface area contributed by atoms with E-state index in [2.05, 4.69) is 4.74 Å². The van der Waals surface area contributed by atoms with Gasteiger partial charge in [0, 0.05) is 5.92 Å². The monoisotopic (exact) mass is 198 g/mol. The van der Waals surface area contributed by atoms with Crippen molar-refractivity contribution in [2.45, 2.75) is 32.1 Å². The first-order chi connectivity index (χ1) is 6.66. The fraction of sp³-hybridized carbons (Fsp3) is 0.700. The molecule has 1 rings (SSSR count). The average molecular weight is 198 g/mol. The standard InChI is InChI=1S/C10H14O4/c1-14-10(13)9(12)8(11)7-5-3-2-4-6-7/h7H,2-6H2,1H3. The van der Waals surface area contributed by atoms with Crippen LogP contribution in [0.4, 0.5) is 0 Å². The maximum Gasteiger partial charge on any atom is 0.382 e. The van der Waals surface area contributed by atoms with Crippen LogP contribution in [0.3, 0.4) is 0 Å². The summed E-state index contributed by atoms with van der Waals surface area (Å²) in [5, 5.41) is 0. The van der Waals surface area contributed by atoms with Crippen molar-refractivity contribution in [2.75, 3.05) is 7.11 Å². The Morgan fingerprint density at radius 1 is 1.07 bits per heavy atom. The maximum absolute atomic E-state index is 11.4. The van der Waals surface area contributed by atoms with E-state index in [9.17, 15) is 14.4 Å². The fourth-order valence-electron chi connectivity index (χ4n) is 1.74. The molecule has 0 atom stereocenters. The summed E-state index contributed by atoms with van der Waals surface area (Å²) in [5.41, 5.74) is 0. The van der Waals surface area contributed by atoms with Crippen LogP contribution in [0.15, 0.2) is 0 Å². The van der Waals surface area contributed by atoms with Crippen molar-refractivity contribution in [3.05, 3.63) is 0 Å². The third-order valence-electron chi connectivity index (χ3n) is 2.57. The third-order valence-corrected chi connectivity index (χ3v) is 2.57. The molecule has 0 aromatic rings. The fourth-order valence-corrected chi connectivity index (χ4v) is 1.74. The molecule has 0 radical (unpaired) electrons. The molecule has 1 aliphatic carbocycles. The first-order valence-corrected chi connectivity index (χ1v) is 4.83. The van der Waals surface area contributed by atoms with E-state index < -0.39 is 17.5 Å². The van der Waals surface area contributed by atoms with Crippen molar-refractivity contribution < 1.29 is 19.1 Å². The molecule has 0 aromatic heterocycles. The highest BCUT2D eigenvalue weighted by atomic mass is 16.5. The van der Waals surface area contributed by atoms with E-state index >= 15 is 0 Å². The minimum Gasteiger partial charge on any atom is -0.463 e. The Hall–Kier alpha value is -1.19. The molecule has 0 bridgehead atoms. The van der Waals surface area contributed by atoms with Gasteiger partial charge in [0.2, 0.25) is 5.78 Å². The average Bonchev–Trinajstić information content (AvgIpc) is 2.27. The molecule has 1 saturated carbocycles. The van der Waals surface area contributed by atoms with Gasteiger partial charge in [-0.2, -0.15) is 0 Å². The molecule has 0 unspecified atom stereocenters. The smallest absolute Gasteiger partial charge is 0.382 e. The third kappa shape index (κ3) is 2.40. The summed E-state index contributed by atoms with van der Waals surface area (Å²) in [5.74, 6) is -2.87. The number of ether oxygens (including phenoxy) is 1. The van der Waals surface area contributed by atoms with Gasteiger partial charge in [-0.05, 0) is 12.8 Å². The van der Waals surface area contributed by atoms with Crippen LogP contribution in [0.5, 0.6) is 0 Å². The molecular formula is C10H14O4. The lowest BCUT2D eigenvalue weighted by Crippen LogP contribution is -2.31. The van der Waals surface area contributed by atoms with Gasteiger partial charge in [-0.15, -0.1) is 0 Å². The van der Waals surface area contributed by atoms with E-state index in [1.165, 1.54) is 0 Å². The van der Waals surface area contributed by atoms with Gasteiger partial charge in [0.25, 0.3) is 0 Å². The summed E-state index contributed by atoms with van der Waals surface area (Å²) in [6.07, 6.45) is 4.48. The summed E-state index contributed by atoms with van der Waals surface area (Å²) in [4.78, 5) is 33.4. The van der Waals surface area contributed by atoms with E-state index in [0.717, 1.165) is 39.2 Å². The van der Waals surface area contributed by atoms with Gasteiger partial charge in [-0.3, -0.25) is 9.59 Å². The minimum absolute atomic E-state index is 0.254. The van der Waals surface area contributed by atoms with Gasteiger partial charge in [0.05, 0.1) is 7.11 Å². The van der Waals surface area contributed by atoms with Crippen LogP contribution in [-0.4, -0.2) is 24.6 Å². The lowest BCUT2D eigenvalue weighted by molar-refractivity contribution is -0.156. The van der Waals surface area contributed by atoms with Gasteiger partial charge >= 0.3 is 11.8 Å². The summed E-state index contributed by atoms with van der Waals surface area (Å²) in [6.45, 7) is 0. The quantitative estimate of drug-likeness (QED) is 0.383. The predicted octanol–water partition coefficient (Wildman–Crippen LogP) is 0.878. The summed E-state index contributed by atoms with van der Waals surface area (Å²) in [6, 6.07) is 0. The molecule has 1 fully saturated rings. The molecule has 4 heteroatoms. The molecule has 0 aromatic carbocycles. The van der Waals surface area contributed by atoms with Crippen molar-refractivity contribution >= 4 is 17.5 Å². The van der Waals surface area contributed by atoms with Crippen LogP contribution >= 0.6 is 0 Å². The molecule has 14 heavy (non-hydrogen) atoms. The zero-order valence-corrected chi connectivity index (χ0v) is 8.25.